The number of nitrogens with one attached hydrogen (secondary N) is 1. The Hall–Kier alpha value is -1.10. The second kappa shape index (κ2) is 7.62. The largest absolute Gasteiger partial charge is 0.467 e. The third-order valence-corrected chi connectivity index (χ3v) is 3.32. The SMILES string of the molecule is CC(C)NCc1coc(COCc2cccc(Br)c2)c1. The first-order valence-corrected chi connectivity index (χ1v) is 7.54. The van der Waals surface area contributed by atoms with Crippen LogP contribution in [0.15, 0.2) is 45.5 Å². The van der Waals surface area contributed by atoms with Crippen molar-refractivity contribution in [3.8, 4) is 0 Å². The summed E-state index contributed by atoms with van der Waals surface area (Å²) in [5.41, 5.74) is 2.30. The van der Waals surface area contributed by atoms with Crippen molar-refractivity contribution in [2.24, 2.45) is 0 Å². The van der Waals surface area contributed by atoms with E-state index < -0.39 is 0 Å². The molecule has 20 heavy (non-hydrogen) atoms. The Morgan fingerprint density at radius 3 is 2.80 bits per heavy atom. The molecule has 1 N–H and O–H groups in total. The molecule has 0 aliphatic heterocycles. The van der Waals surface area contributed by atoms with Gasteiger partial charge in [0, 0.05) is 22.6 Å². The van der Waals surface area contributed by atoms with E-state index in [0.29, 0.717) is 19.3 Å². The van der Waals surface area contributed by atoms with Crippen LogP contribution in [-0.4, -0.2) is 6.04 Å². The molecule has 0 saturated heterocycles. The van der Waals surface area contributed by atoms with Gasteiger partial charge in [-0.1, -0.05) is 41.9 Å². The minimum atomic E-state index is 0.473. The molecule has 3 nitrogen and oxygen atoms in total. The molecular weight excluding hydrogens is 318 g/mol. The van der Waals surface area contributed by atoms with Gasteiger partial charge in [0.15, 0.2) is 0 Å². The van der Waals surface area contributed by atoms with Crippen LogP contribution in [-0.2, 0) is 24.5 Å². The molecule has 0 aliphatic rings. The number of halogens is 1. The molecule has 1 aromatic heterocycles. The van der Waals surface area contributed by atoms with E-state index in [1.54, 1.807) is 6.26 Å². The molecule has 0 radical (unpaired) electrons. The Morgan fingerprint density at radius 1 is 1.20 bits per heavy atom. The van der Waals surface area contributed by atoms with E-state index in [1.807, 2.05) is 24.3 Å². The second-order valence-electron chi connectivity index (χ2n) is 5.08. The average molecular weight is 338 g/mol. The van der Waals surface area contributed by atoms with Crippen molar-refractivity contribution in [3.63, 3.8) is 0 Å². The lowest BCUT2D eigenvalue weighted by Gasteiger charge is -2.05. The van der Waals surface area contributed by atoms with Crippen LogP contribution >= 0.6 is 15.9 Å². The number of ether oxygens (including phenoxy) is 1. The highest BCUT2D eigenvalue weighted by Gasteiger charge is 2.03. The number of rotatable bonds is 7. The number of benzene rings is 1. The molecule has 0 spiro atoms. The fourth-order valence-electron chi connectivity index (χ4n) is 1.81. The van der Waals surface area contributed by atoms with E-state index in [0.717, 1.165) is 27.9 Å². The van der Waals surface area contributed by atoms with E-state index in [2.05, 4.69) is 41.2 Å². The standard InChI is InChI=1S/C16H20BrNO2/c1-12(2)18-8-14-7-16(20-10-14)11-19-9-13-4-3-5-15(17)6-13/h3-7,10,12,18H,8-9,11H2,1-2H3. The first-order chi connectivity index (χ1) is 9.63. The van der Waals surface area contributed by atoms with Crippen molar-refractivity contribution in [3.05, 3.63) is 58.0 Å². The predicted molar refractivity (Wildman–Crippen MR) is 83.3 cm³/mol. The van der Waals surface area contributed by atoms with E-state index >= 15 is 0 Å². The van der Waals surface area contributed by atoms with Gasteiger partial charge in [-0.15, -0.1) is 0 Å². The van der Waals surface area contributed by atoms with Crippen LogP contribution in [0.5, 0.6) is 0 Å². The first-order valence-electron chi connectivity index (χ1n) is 6.75. The molecule has 1 aromatic carbocycles. The van der Waals surface area contributed by atoms with Crippen molar-refractivity contribution in [2.75, 3.05) is 0 Å². The van der Waals surface area contributed by atoms with Gasteiger partial charge in [0.1, 0.15) is 12.4 Å². The Morgan fingerprint density at radius 2 is 2.05 bits per heavy atom. The number of furan rings is 1. The van der Waals surface area contributed by atoms with Crippen molar-refractivity contribution in [2.45, 2.75) is 39.6 Å². The maximum atomic E-state index is 5.66. The van der Waals surface area contributed by atoms with Gasteiger partial charge in [0.2, 0.25) is 0 Å². The fourth-order valence-corrected chi connectivity index (χ4v) is 2.26. The lowest BCUT2D eigenvalue weighted by atomic mass is 10.2. The molecule has 2 rings (SSSR count). The van der Waals surface area contributed by atoms with Crippen molar-refractivity contribution >= 4 is 15.9 Å². The van der Waals surface area contributed by atoms with Gasteiger partial charge in [-0.25, -0.2) is 0 Å². The topological polar surface area (TPSA) is 34.4 Å². The van der Waals surface area contributed by atoms with Gasteiger partial charge in [-0.3, -0.25) is 0 Å². The molecule has 0 saturated carbocycles. The minimum Gasteiger partial charge on any atom is -0.467 e. The predicted octanol–water partition coefficient (Wildman–Crippen LogP) is 4.26. The summed E-state index contributed by atoms with van der Waals surface area (Å²) in [4.78, 5) is 0. The third kappa shape index (κ3) is 5.12. The summed E-state index contributed by atoms with van der Waals surface area (Å²) in [5.74, 6) is 0.862. The monoisotopic (exact) mass is 337 g/mol. The number of hydrogen-bond donors (Lipinski definition) is 1. The van der Waals surface area contributed by atoms with Gasteiger partial charge in [0.05, 0.1) is 12.9 Å². The average Bonchev–Trinajstić information content (AvgIpc) is 2.84. The Balaban J connectivity index is 1.77. The van der Waals surface area contributed by atoms with Gasteiger partial charge in [0.25, 0.3) is 0 Å². The summed E-state index contributed by atoms with van der Waals surface area (Å²) in [7, 11) is 0. The molecule has 0 aliphatic carbocycles. The summed E-state index contributed by atoms with van der Waals surface area (Å²) >= 11 is 3.45. The molecule has 0 bridgehead atoms. The zero-order chi connectivity index (χ0) is 14.4. The fraction of sp³-hybridized carbons (Fsp3) is 0.375. The zero-order valence-corrected chi connectivity index (χ0v) is 13.4. The third-order valence-electron chi connectivity index (χ3n) is 2.82. The molecular formula is C16H20BrNO2. The van der Waals surface area contributed by atoms with Crippen LogP contribution in [0, 0.1) is 0 Å². The van der Waals surface area contributed by atoms with E-state index in [1.165, 1.54) is 0 Å². The molecule has 0 amide bonds. The maximum absolute atomic E-state index is 5.66. The summed E-state index contributed by atoms with van der Waals surface area (Å²) in [5, 5.41) is 3.36. The van der Waals surface area contributed by atoms with Gasteiger partial charge in [-0.2, -0.15) is 0 Å². The quantitative estimate of drug-likeness (QED) is 0.819. The molecule has 2 aromatic rings. The van der Waals surface area contributed by atoms with Crippen LogP contribution in [0.3, 0.4) is 0 Å². The van der Waals surface area contributed by atoms with Gasteiger partial charge < -0.3 is 14.5 Å². The van der Waals surface area contributed by atoms with E-state index in [-0.39, 0.29) is 0 Å². The normalized spacial score (nSPS) is 11.2. The molecule has 108 valence electrons. The van der Waals surface area contributed by atoms with Crippen molar-refractivity contribution in [1.29, 1.82) is 0 Å². The van der Waals surface area contributed by atoms with Crippen LogP contribution in [0.1, 0.15) is 30.7 Å². The Labute approximate surface area is 128 Å². The molecule has 0 atom stereocenters. The zero-order valence-electron chi connectivity index (χ0n) is 11.9. The minimum absolute atomic E-state index is 0.473. The molecule has 4 heteroatoms. The lowest BCUT2D eigenvalue weighted by Crippen LogP contribution is -2.21. The van der Waals surface area contributed by atoms with Gasteiger partial charge in [-0.05, 0) is 23.8 Å². The Bertz CT molecular complexity index is 537. The van der Waals surface area contributed by atoms with E-state index in [9.17, 15) is 0 Å². The van der Waals surface area contributed by atoms with Crippen molar-refractivity contribution in [1.82, 2.24) is 5.32 Å². The lowest BCUT2D eigenvalue weighted by molar-refractivity contribution is 0.0929. The summed E-state index contributed by atoms with van der Waals surface area (Å²) < 4.78 is 12.2. The molecule has 0 fully saturated rings. The van der Waals surface area contributed by atoms with Crippen LogP contribution in [0.4, 0.5) is 0 Å². The highest BCUT2D eigenvalue weighted by Crippen LogP contribution is 2.14. The molecule has 1 heterocycles. The maximum Gasteiger partial charge on any atom is 0.129 e. The smallest absolute Gasteiger partial charge is 0.129 e. The first kappa shape index (κ1) is 15.3. The Kier molecular flexibility index (Phi) is 5.83. The second-order valence-corrected chi connectivity index (χ2v) is 6.00. The highest BCUT2D eigenvalue weighted by atomic mass is 79.9. The van der Waals surface area contributed by atoms with Gasteiger partial charge >= 0.3 is 0 Å². The van der Waals surface area contributed by atoms with E-state index in [4.69, 9.17) is 9.15 Å². The highest BCUT2D eigenvalue weighted by molar-refractivity contribution is 9.10. The summed E-state index contributed by atoms with van der Waals surface area (Å²) in [6.07, 6.45) is 1.78. The molecule has 0 unspecified atom stereocenters. The van der Waals surface area contributed by atoms with Crippen LogP contribution in [0.25, 0.3) is 0 Å². The van der Waals surface area contributed by atoms with Crippen molar-refractivity contribution < 1.29 is 9.15 Å². The summed E-state index contributed by atoms with van der Waals surface area (Å²) in [6, 6.07) is 10.6. The summed E-state index contributed by atoms with van der Waals surface area (Å²) in [6.45, 7) is 6.16. The van der Waals surface area contributed by atoms with Crippen LogP contribution in [0.2, 0.25) is 0 Å². The number of hydrogen-bond acceptors (Lipinski definition) is 3. The van der Waals surface area contributed by atoms with Crippen LogP contribution < -0.4 is 5.32 Å².